The number of hydrogen-bond donors (Lipinski definition) is 1. The van der Waals surface area contributed by atoms with Crippen molar-refractivity contribution in [2.45, 2.75) is 30.2 Å². The Morgan fingerprint density at radius 1 is 1.35 bits per heavy atom. The number of fused-ring (bicyclic) bond motifs is 1. The second-order valence-corrected chi connectivity index (χ2v) is 5.68. The largest absolute Gasteiger partial charge is 0.350 e. The van der Waals surface area contributed by atoms with Crippen LogP contribution in [-0.2, 0) is 4.79 Å². The van der Waals surface area contributed by atoms with Gasteiger partial charge in [0.15, 0.2) is 0 Å². The lowest BCUT2D eigenvalue weighted by molar-refractivity contribution is -0.116. The predicted molar refractivity (Wildman–Crippen MR) is 70.9 cm³/mol. The highest BCUT2D eigenvalue weighted by Gasteiger charge is 2.23. The highest BCUT2D eigenvalue weighted by Crippen LogP contribution is 2.36. The molecule has 3 heteroatoms. The SMILES string of the molecule is O=C(C=C1CCSc2ccccc21)NC1CC1. The van der Waals surface area contributed by atoms with E-state index in [1.807, 2.05) is 17.8 Å². The quantitative estimate of drug-likeness (QED) is 0.812. The number of benzene rings is 1. The molecule has 0 radical (unpaired) electrons. The van der Waals surface area contributed by atoms with E-state index in [4.69, 9.17) is 0 Å². The molecular formula is C14H15NOS. The number of rotatable bonds is 2. The Morgan fingerprint density at radius 3 is 3.00 bits per heavy atom. The first-order valence-corrected chi connectivity index (χ1v) is 7.05. The summed E-state index contributed by atoms with van der Waals surface area (Å²) in [6, 6.07) is 8.77. The van der Waals surface area contributed by atoms with Crippen molar-refractivity contribution < 1.29 is 4.79 Å². The van der Waals surface area contributed by atoms with Crippen molar-refractivity contribution in [2.75, 3.05) is 5.75 Å². The average molecular weight is 245 g/mol. The summed E-state index contributed by atoms with van der Waals surface area (Å²) in [6.45, 7) is 0. The molecule has 1 aromatic rings. The lowest BCUT2D eigenvalue weighted by Gasteiger charge is -2.18. The van der Waals surface area contributed by atoms with Gasteiger partial charge in [0.05, 0.1) is 0 Å². The first-order chi connectivity index (χ1) is 8.33. The van der Waals surface area contributed by atoms with Crippen LogP contribution in [0.4, 0.5) is 0 Å². The van der Waals surface area contributed by atoms with Gasteiger partial charge < -0.3 is 5.32 Å². The van der Waals surface area contributed by atoms with E-state index in [0.717, 1.165) is 25.0 Å². The maximum Gasteiger partial charge on any atom is 0.244 e. The summed E-state index contributed by atoms with van der Waals surface area (Å²) in [7, 11) is 0. The minimum absolute atomic E-state index is 0.0733. The van der Waals surface area contributed by atoms with Crippen molar-refractivity contribution in [1.29, 1.82) is 0 Å². The van der Waals surface area contributed by atoms with E-state index in [1.54, 1.807) is 6.08 Å². The van der Waals surface area contributed by atoms with E-state index in [-0.39, 0.29) is 5.91 Å². The molecule has 0 spiro atoms. The van der Waals surface area contributed by atoms with Crippen molar-refractivity contribution in [3.63, 3.8) is 0 Å². The van der Waals surface area contributed by atoms with Crippen molar-refractivity contribution in [3.8, 4) is 0 Å². The molecule has 1 aliphatic heterocycles. The normalized spacial score (nSPS) is 21.1. The van der Waals surface area contributed by atoms with Crippen LogP contribution in [0, 0.1) is 0 Å². The molecule has 3 rings (SSSR count). The van der Waals surface area contributed by atoms with Crippen LogP contribution in [0.15, 0.2) is 35.2 Å². The Balaban J connectivity index is 1.83. The molecule has 0 unspecified atom stereocenters. The van der Waals surface area contributed by atoms with Crippen LogP contribution in [0.2, 0.25) is 0 Å². The van der Waals surface area contributed by atoms with Crippen molar-refractivity contribution >= 4 is 23.2 Å². The van der Waals surface area contributed by atoms with E-state index in [9.17, 15) is 4.79 Å². The summed E-state index contributed by atoms with van der Waals surface area (Å²) in [4.78, 5) is 13.1. The molecule has 2 nitrogen and oxygen atoms in total. The Bertz CT molecular complexity index is 477. The maximum atomic E-state index is 11.8. The van der Waals surface area contributed by atoms with Crippen LogP contribution in [0.5, 0.6) is 0 Å². The van der Waals surface area contributed by atoms with Crippen LogP contribution in [0.1, 0.15) is 24.8 Å². The van der Waals surface area contributed by atoms with Gasteiger partial charge in [-0.2, -0.15) is 0 Å². The first kappa shape index (κ1) is 10.9. The standard InChI is InChI=1S/C14H15NOS/c16-14(15-11-5-6-11)9-10-7-8-17-13-4-2-1-3-12(10)13/h1-4,9,11H,5-8H2,(H,15,16). The van der Waals surface area contributed by atoms with Crippen LogP contribution >= 0.6 is 11.8 Å². The lowest BCUT2D eigenvalue weighted by atomic mass is 10.0. The maximum absolute atomic E-state index is 11.8. The van der Waals surface area contributed by atoms with E-state index in [0.29, 0.717) is 6.04 Å². The summed E-state index contributed by atoms with van der Waals surface area (Å²) in [5, 5.41) is 3.01. The van der Waals surface area contributed by atoms with Crippen molar-refractivity contribution in [2.24, 2.45) is 0 Å². The molecule has 1 saturated carbocycles. The number of allylic oxidation sites excluding steroid dienone is 1. The lowest BCUT2D eigenvalue weighted by Crippen LogP contribution is -2.23. The van der Waals surface area contributed by atoms with Gasteiger partial charge in [-0.1, -0.05) is 18.2 Å². The van der Waals surface area contributed by atoms with Crippen LogP contribution in [-0.4, -0.2) is 17.7 Å². The van der Waals surface area contributed by atoms with Gasteiger partial charge in [0, 0.05) is 22.8 Å². The molecule has 0 bridgehead atoms. The average Bonchev–Trinajstić information content (AvgIpc) is 3.13. The first-order valence-electron chi connectivity index (χ1n) is 6.06. The van der Waals surface area contributed by atoms with Gasteiger partial charge in [0.25, 0.3) is 0 Å². The number of amides is 1. The summed E-state index contributed by atoms with van der Waals surface area (Å²) in [5.74, 6) is 1.14. The third kappa shape index (κ3) is 2.55. The number of thioether (sulfide) groups is 1. The number of carbonyl (C=O) groups is 1. The van der Waals surface area contributed by atoms with Gasteiger partial charge in [0.2, 0.25) is 5.91 Å². The molecule has 1 amide bonds. The third-order valence-electron chi connectivity index (χ3n) is 3.09. The van der Waals surface area contributed by atoms with Gasteiger partial charge in [-0.25, -0.2) is 0 Å². The van der Waals surface area contributed by atoms with Crippen LogP contribution < -0.4 is 5.32 Å². The monoisotopic (exact) mass is 245 g/mol. The fourth-order valence-corrected chi connectivity index (χ4v) is 3.11. The van der Waals surface area contributed by atoms with E-state index >= 15 is 0 Å². The van der Waals surface area contributed by atoms with Crippen molar-refractivity contribution in [1.82, 2.24) is 5.32 Å². The molecule has 1 aliphatic carbocycles. The molecule has 88 valence electrons. The molecule has 1 fully saturated rings. The Hall–Kier alpha value is -1.22. The molecule has 1 heterocycles. The summed E-state index contributed by atoms with van der Waals surface area (Å²) in [6.07, 6.45) is 5.05. The molecular weight excluding hydrogens is 230 g/mol. The topological polar surface area (TPSA) is 29.1 Å². The van der Waals surface area contributed by atoms with Crippen molar-refractivity contribution in [3.05, 3.63) is 35.9 Å². The molecule has 0 aromatic heterocycles. The number of carbonyl (C=O) groups excluding carboxylic acids is 1. The number of hydrogen-bond acceptors (Lipinski definition) is 2. The minimum Gasteiger partial charge on any atom is -0.350 e. The van der Waals surface area contributed by atoms with E-state index < -0.39 is 0 Å². The molecule has 0 atom stereocenters. The molecule has 0 saturated heterocycles. The zero-order chi connectivity index (χ0) is 11.7. The molecule has 2 aliphatic rings. The Labute approximate surface area is 105 Å². The highest BCUT2D eigenvalue weighted by molar-refractivity contribution is 7.99. The Kier molecular flexibility index (Phi) is 2.93. The van der Waals surface area contributed by atoms with Crippen LogP contribution in [0.25, 0.3) is 5.57 Å². The second kappa shape index (κ2) is 4.57. The number of nitrogens with one attached hydrogen (secondary N) is 1. The van der Waals surface area contributed by atoms with Crippen LogP contribution in [0.3, 0.4) is 0 Å². The second-order valence-electron chi connectivity index (χ2n) is 4.55. The molecule has 1 aromatic carbocycles. The zero-order valence-electron chi connectivity index (χ0n) is 9.61. The predicted octanol–water partition coefficient (Wildman–Crippen LogP) is 2.84. The van der Waals surface area contributed by atoms with Gasteiger partial charge in [0.1, 0.15) is 0 Å². The highest BCUT2D eigenvalue weighted by atomic mass is 32.2. The van der Waals surface area contributed by atoms with E-state index in [1.165, 1.54) is 16.0 Å². The smallest absolute Gasteiger partial charge is 0.244 e. The third-order valence-corrected chi connectivity index (χ3v) is 4.17. The van der Waals surface area contributed by atoms with Gasteiger partial charge in [-0.3, -0.25) is 4.79 Å². The summed E-state index contributed by atoms with van der Waals surface area (Å²) < 4.78 is 0. The van der Waals surface area contributed by atoms with Gasteiger partial charge in [-0.05, 0) is 36.5 Å². The van der Waals surface area contributed by atoms with Gasteiger partial charge in [-0.15, -0.1) is 11.8 Å². The fraction of sp³-hybridized carbons (Fsp3) is 0.357. The molecule has 17 heavy (non-hydrogen) atoms. The summed E-state index contributed by atoms with van der Waals surface area (Å²) >= 11 is 1.87. The van der Waals surface area contributed by atoms with Gasteiger partial charge >= 0.3 is 0 Å². The fourth-order valence-electron chi connectivity index (χ4n) is 2.04. The molecule has 1 N–H and O–H groups in total. The Morgan fingerprint density at radius 2 is 2.18 bits per heavy atom. The minimum atomic E-state index is 0.0733. The summed E-state index contributed by atoms with van der Waals surface area (Å²) in [5.41, 5.74) is 2.41. The zero-order valence-corrected chi connectivity index (χ0v) is 10.4. The van der Waals surface area contributed by atoms with E-state index in [2.05, 4.69) is 23.5 Å².